The second-order valence-corrected chi connectivity index (χ2v) is 15.5. The lowest BCUT2D eigenvalue weighted by molar-refractivity contribution is -0.332. The Balaban J connectivity index is 1.84. The third-order valence-electron chi connectivity index (χ3n) is 10.4. The van der Waals surface area contributed by atoms with Gasteiger partial charge in [-0.3, -0.25) is 4.79 Å². The monoisotopic (exact) mass is 831 g/mol. The molecule has 2 aliphatic heterocycles. The Morgan fingerprint density at radius 1 is 0.586 bits per heavy atom. The average Bonchev–Trinajstić information content (AvgIpc) is 3.22. The van der Waals surface area contributed by atoms with Gasteiger partial charge in [0.05, 0.1) is 26.4 Å². The topological polar surface area (TPSA) is 214 Å². The maximum absolute atomic E-state index is 12.9. The number of allylic oxidation sites excluding steroid dienone is 6. The van der Waals surface area contributed by atoms with Gasteiger partial charge in [0.15, 0.2) is 12.6 Å². The standard InChI is InChI=1S/C44H78O14/c1-3-5-7-9-11-13-15-16-17-18-20-22-24-26-28-53-30-33(56-36(46)27-25-23-21-19-14-12-10-8-6-4-2)31-54-43-42(52)40(50)38(48)35(58-43)32-55-44-41(51)39(49)37(47)34(29-45)57-44/h5,7,11,13,16-17,33-35,37-45,47-52H,3-4,6,8-10,12,14-15,18-32H2,1-2H3/b7-5-,13-11-,17-16-. The second kappa shape index (κ2) is 32.9. The molecule has 11 atom stereocenters. The van der Waals surface area contributed by atoms with Gasteiger partial charge in [0.2, 0.25) is 0 Å². The van der Waals surface area contributed by atoms with Crippen molar-refractivity contribution in [2.24, 2.45) is 0 Å². The van der Waals surface area contributed by atoms with Gasteiger partial charge in [-0.05, 0) is 44.9 Å². The predicted octanol–water partition coefficient (Wildman–Crippen LogP) is 4.68. The maximum Gasteiger partial charge on any atom is 0.306 e. The number of aliphatic hydroxyl groups excluding tert-OH is 7. The van der Waals surface area contributed by atoms with E-state index in [1.54, 1.807) is 0 Å². The van der Waals surface area contributed by atoms with Crippen LogP contribution in [-0.4, -0.2) is 142 Å². The molecule has 2 rings (SSSR count). The molecule has 0 saturated carbocycles. The summed E-state index contributed by atoms with van der Waals surface area (Å²) in [6.07, 6.45) is 16.5. The summed E-state index contributed by atoms with van der Waals surface area (Å²) in [7, 11) is 0. The number of hydrogen-bond acceptors (Lipinski definition) is 14. The summed E-state index contributed by atoms with van der Waals surface area (Å²) in [5, 5.41) is 71.8. The number of carbonyl (C=O) groups is 1. The molecule has 2 heterocycles. The third kappa shape index (κ3) is 21.6. The van der Waals surface area contributed by atoms with Gasteiger partial charge < -0.3 is 64.2 Å². The van der Waals surface area contributed by atoms with Crippen molar-refractivity contribution >= 4 is 5.97 Å². The molecule has 0 amide bonds. The summed E-state index contributed by atoms with van der Waals surface area (Å²) in [4.78, 5) is 12.9. The molecule has 14 nitrogen and oxygen atoms in total. The van der Waals surface area contributed by atoms with Crippen LogP contribution in [-0.2, 0) is 33.2 Å². The zero-order chi connectivity index (χ0) is 42.4. The zero-order valence-electron chi connectivity index (χ0n) is 35.3. The van der Waals surface area contributed by atoms with E-state index in [0.717, 1.165) is 70.6 Å². The number of carbonyl (C=O) groups excluding carboxylic acids is 1. The van der Waals surface area contributed by atoms with Crippen LogP contribution in [0.4, 0.5) is 0 Å². The Bertz CT molecular complexity index is 1100. The quantitative estimate of drug-likeness (QED) is 0.0272. The molecular weight excluding hydrogens is 752 g/mol. The van der Waals surface area contributed by atoms with Crippen LogP contribution in [0.5, 0.6) is 0 Å². The molecule has 58 heavy (non-hydrogen) atoms. The van der Waals surface area contributed by atoms with E-state index >= 15 is 0 Å². The fourth-order valence-electron chi connectivity index (χ4n) is 6.77. The van der Waals surface area contributed by atoms with E-state index in [2.05, 4.69) is 50.3 Å². The summed E-state index contributed by atoms with van der Waals surface area (Å²) < 4.78 is 34.1. The molecule has 0 radical (unpaired) electrons. The van der Waals surface area contributed by atoms with E-state index < -0.39 is 80.7 Å². The molecule has 2 fully saturated rings. The highest BCUT2D eigenvalue weighted by Crippen LogP contribution is 2.26. The maximum atomic E-state index is 12.9. The van der Waals surface area contributed by atoms with E-state index in [0.29, 0.717) is 13.0 Å². The summed E-state index contributed by atoms with van der Waals surface area (Å²) in [6.45, 7) is 3.48. The largest absolute Gasteiger partial charge is 0.457 e. The van der Waals surface area contributed by atoms with Crippen LogP contribution in [0.3, 0.4) is 0 Å². The van der Waals surface area contributed by atoms with Crippen molar-refractivity contribution in [3.63, 3.8) is 0 Å². The van der Waals surface area contributed by atoms with E-state index in [9.17, 15) is 40.5 Å². The number of hydrogen-bond donors (Lipinski definition) is 7. The number of rotatable bonds is 33. The first-order chi connectivity index (χ1) is 28.1. The number of aliphatic hydroxyl groups is 7. The molecule has 2 aliphatic rings. The van der Waals surface area contributed by atoms with Crippen molar-refractivity contribution < 1.29 is 69.0 Å². The molecule has 0 aromatic rings. The highest BCUT2D eigenvalue weighted by molar-refractivity contribution is 5.69. The Morgan fingerprint density at radius 2 is 1.12 bits per heavy atom. The van der Waals surface area contributed by atoms with Gasteiger partial charge in [0.25, 0.3) is 0 Å². The lowest BCUT2D eigenvalue weighted by atomic mass is 9.98. The molecule has 11 unspecified atom stereocenters. The summed E-state index contributed by atoms with van der Waals surface area (Å²) >= 11 is 0. The number of ether oxygens (including phenoxy) is 6. The van der Waals surface area contributed by atoms with Gasteiger partial charge in [0, 0.05) is 13.0 Å². The highest BCUT2D eigenvalue weighted by atomic mass is 16.7. The lowest BCUT2D eigenvalue weighted by Gasteiger charge is -2.42. The van der Waals surface area contributed by atoms with Crippen molar-refractivity contribution in [2.45, 2.75) is 203 Å². The fraction of sp³-hybridized carbons (Fsp3) is 0.841. The SMILES string of the molecule is CC/C=C\C/C=C\C/C=C\CCCCCCOCC(COC1OC(COC2OC(CO)C(O)C(O)C2O)C(O)C(O)C1O)OC(=O)CCCCCCCCCCCC. The number of unbranched alkanes of at least 4 members (excludes halogenated alkanes) is 13. The molecule has 0 spiro atoms. The van der Waals surface area contributed by atoms with E-state index in [1.807, 2.05) is 0 Å². The molecule has 338 valence electrons. The molecule has 0 bridgehead atoms. The normalized spacial score (nSPS) is 28.6. The van der Waals surface area contributed by atoms with Crippen LogP contribution in [0, 0.1) is 0 Å². The fourth-order valence-corrected chi connectivity index (χ4v) is 6.77. The lowest BCUT2D eigenvalue weighted by Crippen LogP contribution is -2.61. The smallest absolute Gasteiger partial charge is 0.306 e. The highest BCUT2D eigenvalue weighted by Gasteiger charge is 2.47. The van der Waals surface area contributed by atoms with Gasteiger partial charge in [-0.2, -0.15) is 0 Å². The first-order valence-electron chi connectivity index (χ1n) is 22.1. The van der Waals surface area contributed by atoms with Gasteiger partial charge in [-0.15, -0.1) is 0 Å². The molecule has 0 aromatic heterocycles. The van der Waals surface area contributed by atoms with Crippen molar-refractivity contribution in [3.8, 4) is 0 Å². The molecule has 0 aliphatic carbocycles. The van der Waals surface area contributed by atoms with Crippen LogP contribution in [0.15, 0.2) is 36.5 Å². The summed E-state index contributed by atoms with van der Waals surface area (Å²) in [6, 6.07) is 0. The van der Waals surface area contributed by atoms with Gasteiger partial charge in [0.1, 0.15) is 54.9 Å². The van der Waals surface area contributed by atoms with Crippen molar-refractivity contribution in [2.75, 3.05) is 33.0 Å². The number of esters is 1. The molecule has 0 aromatic carbocycles. The predicted molar refractivity (Wildman–Crippen MR) is 220 cm³/mol. The van der Waals surface area contributed by atoms with E-state index in [4.69, 9.17) is 28.4 Å². The Hall–Kier alpha value is -1.79. The van der Waals surface area contributed by atoms with Crippen molar-refractivity contribution in [1.29, 1.82) is 0 Å². The minimum atomic E-state index is -1.71. The minimum absolute atomic E-state index is 0.0475. The minimum Gasteiger partial charge on any atom is -0.457 e. The summed E-state index contributed by atoms with van der Waals surface area (Å²) in [5.74, 6) is -0.389. The molecule has 14 heteroatoms. The van der Waals surface area contributed by atoms with Crippen molar-refractivity contribution in [3.05, 3.63) is 36.5 Å². The third-order valence-corrected chi connectivity index (χ3v) is 10.4. The summed E-state index contributed by atoms with van der Waals surface area (Å²) in [5.41, 5.74) is 0. The zero-order valence-corrected chi connectivity index (χ0v) is 35.3. The van der Waals surface area contributed by atoms with Crippen LogP contribution < -0.4 is 0 Å². The van der Waals surface area contributed by atoms with E-state index in [1.165, 1.54) is 38.5 Å². The molecule has 7 N–H and O–H groups in total. The average molecular weight is 831 g/mol. The second-order valence-electron chi connectivity index (χ2n) is 15.5. The van der Waals surface area contributed by atoms with Crippen molar-refractivity contribution in [1.82, 2.24) is 0 Å². The van der Waals surface area contributed by atoms with E-state index in [-0.39, 0.29) is 25.6 Å². The Labute approximate surface area is 347 Å². The first kappa shape index (κ1) is 52.3. The van der Waals surface area contributed by atoms with Gasteiger partial charge in [-0.1, -0.05) is 121 Å². The van der Waals surface area contributed by atoms with Crippen LogP contribution >= 0.6 is 0 Å². The molecule has 2 saturated heterocycles. The Kier molecular flexibility index (Phi) is 29.7. The molecular formula is C44H78O14. The van der Waals surface area contributed by atoms with Crippen LogP contribution in [0.2, 0.25) is 0 Å². The van der Waals surface area contributed by atoms with Gasteiger partial charge >= 0.3 is 5.97 Å². The van der Waals surface area contributed by atoms with Crippen LogP contribution in [0.1, 0.15) is 136 Å². The first-order valence-corrected chi connectivity index (χ1v) is 22.1. The van der Waals surface area contributed by atoms with Crippen LogP contribution in [0.25, 0.3) is 0 Å². The Morgan fingerprint density at radius 3 is 1.76 bits per heavy atom. The van der Waals surface area contributed by atoms with Gasteiger partial charge in [-0.25, -0.2) is 0 Å².